The average molecular weight is 242 g/mol. The Kier molecular flexibility index (Phi) is 5.12. The minimum absolute atomic E-state index is 0.0676. The zero-order valence-electron chi connectivity index (χ0n) is 9.50. The van der Waals surface area contributed by atoms with Crippen LogP contribution in [0.1, 0.15) is 23.7 Å². The molecule has 1 unspecified atom stereocenters. The fourth-order valence-electron chi connectivity index (χ4n) is 1.31. The molecular weight excluding hydrogens is 226 g/mol. The smallest absolute Gasteiger partial charge is 0.255 e. The van der Waals surface area contributed by atoms with Gasteiger partial charge in [-0.15, -0.1) is 11.6 Å². The largest absolute Gasteiger partial charge is 0.496 e. The summed E-state index contributed by atoms with van der Waals surface area (Å²) in [6, 6.07) is 7.13. The van der Waals surface area contributed by atoms with Crippen molar-refractivity contribution in [1.82, 2.24) is 5.32 Å². The summed E-state index contributed by atoms with van der Waals surface area (Å²) in [6.07, 6.45) is 0.752. The van der Waals surface area contributed by atoms with Gasteiger partial charge in [-0.2, -0.15) is 0 Å². The first-order valence-corrected chi connectivity index (χ1v) is 5.64. The number of amides is 1. The highest BCUT2D eigenvalue weighted by Gasteiger charge is 2.10. The standard InChI is InChI=1S/C12H16ClNO2/c1-9(13)7-8-14-12(15)10-5-3-4-6-11(10)16-2/h3-6,9H,7-8H2,1-2H3,(H,14,15). The van der Waals surface area contributed by atoms with Gasteiger partial charge in [-0.05, 0) is 25.5 Å². The van der Waals surface area contributed by atoms with E-state index in [9.17, 15) is 4.79 Å². The molecule has 3 nitrogen and oxygen atoms in total. The molecule has 1 amide bonds. The first kappa shape index (κ1) is 12.8. The molecule has 0 radical (unpaired) electrons. The SMILES string of the molecule is COc1ccccc1C(=O)NCCC(C)Cl. The van der Waals surface area contributed by atoms with E-state index in [2.05, 4.69) is 5.32 Å². The van der Waals surface area contributed by atoms with Crippen LogP contribution >= 0.6 is 11.6 Å². The average Bonchev–Trinajstić information content (AvgIpc) is 2.28. The van der Waals surface area contributed by atoms with Crippen LogP contribution in [-0.4, -0.2) is 24.9 Å². The van der Waals surface area contributed by atoms with E-state index >= 15 is 0 Å². The Morgan fingerprint density at radius 2 is 2.19 bits per heavy atom. The van der Waals surface area contributed by atoms with E-state index in [1.165, 1.54) is 0 Å². The lowest BCUT2D eigenvalue weighted by Crippen LogP contribution is -2.26. The molecule has 1 atom stereocenters. The summed E-state index contributed by atoms with van der Waals surface area (Å²) in [5.74, 6) is 0.452. The number of carbonyl (C=O) groups is 1. The lowest BCUT2D eigenvalue weighted by molar-refractivity contribution is 0.0950. The number of rotatable bonds is 5. The Labute approximate surface area is 101 Å². The molecule has 0 aliphatic heterocycles. The van der Waals surface area contributed by atoms with Crippen LogP contribution < -0.4 is 10.1 Å². The molecule has 0 spiro atoms. The highest BCUT2D eigenvalue weighted by Crippen LogP contribution is 2.16. The summed E-state index contributed by atoms with van der Waals surface area (Å²) in [5, 5.41) is 2.87. The number of hydrogen-bond donors (Lipinski definition) is 1. The Bertz CT molecular complexity index is 353. The molecular formula is C12H16ClNO2. The number of carbonyl (C=O) groups excluding carboxylic acids is 1. The van der Waals surface area contributed by atoms with Crippen molar-refractivity contribution >= 4 is 17.5 Å². The number of benzene rings is 1. The van der Waals surface area contributed by atoms with Crippen LogP contribution in [0.2, 0.25) is 0 Å². The van der Waals surface area contributed by atoms with Crippen molar-refractivity contribution in [2.24, 2.45) is 0 Å². The summed E-state index contributed by atoms with van der Waals surface area (Å²) in [5.41, 5.74) is 0.548. The molecule has 0 saturated carbocycles. The molecule has 0 aliphatic carbocycles. The van der Waals surface area contributed by atoms with Gasteiger partial charge in [0.25, 0.3) is 5.91 Å². The third-order valence-electron chi connectivity index (χ3n) is 2.18. The minimum Gasteiger partial charge on any atom is -0.496 e. The van der Waals surface area contributed by atoms with E-state index in [4.69, 9.17) is 16.3 Å². The second-order valence-electron chi connectivity index (χ2n) is 3.53. The fourth-order valence-corrected chi connectivity index (χ4v) is 1.42. The lowest BCUT2D eigenvalue weighted by atomic mass is 10.2. The third-order valence-corrected chi connectivity index (χ3v) is 2.40. The minimum atomic E-state index is -0.130. The molecule has 16 heavy (non-hydrogen) atoms. The van der Waals surface area contributed by atoms with E-state index in [0.717, 1.165) is 6.42 Å². The number of halogens is 1. The van der Waals surface area contributed by atoms with Gasteiger partial charge in [0, 0.05) is 11.9 Å². The van der Waals surface area contributed by atoms with Gasteiger partial charge in [0.05, 0.1) is 12.7 Å². The van der Waals surface area contributed by atoms with Gasteiger partial charge in [-0.3, -0.25) is 4.79 Å². The van der Waals surface area contributed by atoms with E-state index in [0.29, 0.717) is 17.9 Å². The van der Waals surface area contributed by atoms with Crippen LogP contribution in [0, 0.1) is 0 Å². The van der Waals surface area contributed by atoms with Crippen LogP contribution in [0.25, 0.3) is 0 Å². The number of nitrogens with one attached hydrogen (secondary N) is 1. The predicted molar refractivity (Wildman–Crippen MR) is 65.3 cm³/mol. The maximum atomic E-state index is 11.8. The number of para-hydroxylation sites is 1. The van der Waals surface area contributed by atoms with Crippen LogP contribution in [0.5, 0.6) is 5.75 Å². The topological polar surface area (TPSA) is 38.3 Å². The Hall–Kier alpha value is -1.22. The predicted octanol–water partition coefficient (Wildman–Crippen LogP) is 2.44. The van der Waals surface area contributed by atoms with Crippen LogP contribution in [0.15, 0.2) is 24.3 Å². The Morgan fingerprint density at radius 1 is 1.50 bits per heavy atom. The zero-order valence-corrected chi connectivity index (χ0v) is 10.3. The number of methoxy groups -OCH3 is 1. The molecule has 0 aliphatic rings. The maximum absolute atomic E-state index is 11.8. The number of ether oxygens (including phenoxy) is 1. The van der Waals surface area contributed by atoms with Crippen LogP contribution in [0.4, 0.5) is 0 Å². The third kappa shape index (κ3) is 3.74. The quantitative estimate of drug-likeness (QED) is 0.805. The Balaban J connectivity index is 2.59. The monoisotopic (exact) mass is 241 g/mol. The molecule has 1 aromatic rings. The number of hydrogen-bond acceptors (Lipinski definition) is 2. The van der Waals surface area contributed by atoms with Crippen molar-refractivity contribution in [3.05, 3.63) is 29.8 Å². The normalized spacial score (nSPS) is 11.9. The summed E-state index contributed by atoms with van der Waals surface area (Å²) >= 11 is 5.79. The fraction of sp³-hybridized carbons (Fsp3) is 0.417. The summed E-state index contributed by atoms with van der Waals surface area (Å²) in [7, 11) is 1.55. The molecule has 0 aromatic heterocycles. The van der Waals surface area contributed by atoms with Gasteiger partial charge in [-0.25, -0.2) is 0 Å². The highest BCUT2D eigenvalue weighted by molar-refractivity contribution is 6.20. The summed E-state index contributed by atoms with van der Waals surface area (Å²) < 4.78 is 5.11. The van der Waals surface area contributed by atoms with Crippen molar-refractivity contribution in [3.8, 4) is 5.75 Å². The molecule has 1 aromatic carbocycles. The van der Waals surface area contributed by atoms with Gasteiger partial charge in [0.15, 0.2) is 0 Å². The highest BCUT2D eigenvalue weighted by atomic mass is 35.5. The van der Waals surface area contributed by atoms with Crippen LogP contribution in [-0.2, 0) is 0 Å². The van der Waals surface area contributed by atoms with E-state index < -0.39 is 0 Å². The van der Waals surface area contributed by atoms with Gasteiger partial charge in [-0.1, -0.05) is 12.1 Å². The molecule has 0 saturated heterocycles. The van der Waals surface area contributed by atoms with E-state index in [1.807, 2.05) is 19.1 Å². The van der Waals surface area contributed by atoms with Crippen molar-refractivity contribution in [1.29, 1.82) is 0 Å². The molecule has 0 heterocycles. The summed E-state index contributed by atoms with van der Waals surface area (Å²) in [4.78, 5) is 11.8. The van der Waals surface area contributed by atoms with Crippen LogP contribution in [0.3, 0.4) is 0 Å². The second-order valence-corrected chi connectivity index (χ2v) is 4.27. The molecule has 0 fully saturated rings. The molecule has 1 rings (SSSR count). The van der Waals surface area contributed by atoms with Crippen molar-refractivity contribution in [3.63, 3.8) is 0 Å². The molecule has 1 N–H and O–H groups in total. The first-order chi connectivity index (χ1) is 7.65. The van der Waals surface area contributed by atoms with Gasteiger partial charge in [0.2, 0.25) is 0 Å². The van der Waals surface area contributed by atoms with Crippen molar-refractivity contribution in [2.75, 3.05) is 13.7 Å². The second kappa shape index (κ2) is 6.38. The van der Waals surface area contributed by atoms with Gasteiger partial charge >= 0.3 is 0 Å². The molecule has 88 valence electrons. The Morgan fingerprint density at radius 3 is 2.81 bits per heavy atom. The van der Waals surface area contributed by atoms with E-state index in [1.54, 1.807) is 19.2 Å². The molecule has 4 heteroatoms. The lowest BCUT2D eigenvalue weighted by Gasteiger charge is -2.09. The number of alkyl halides is 1. The zero-order chi connectivity index (χ0) is 12.0. The first-order valence-electron chi connectivity index (χ1n) is 5.20. The summed E-state index contributed by atoms with van der Waals surface area (Å²) in [6.45, 7) is 2.47. The van der Waals surface area contributed by atoms with Crippen molar-refractivity contribution in [2.45, 2.75) is 18.7 Å². The maximum Gasteiger partial charge on any atom is 0.255 e. The van der Waals surface area contributed by atoms with Crippen molar-refractivity contribution < 1.29 is 9.53 Å². The van der Waals surface area contributed by atoms with Gasteiger partial charge < -0.3 is 10.1 Å². The van der Waals surface area contributed by atoms with Gasteiger partial charge in [0.1, 0.15) is 5.75 Å². The van der Waals surface area contributed by atoms with E-state index in [-0.39, 0.29) is 11.3 Å². The molecule has 0 bridgehead atoms.